The largest absolute Gasteiger partial charge is 0.423 e. The van der Waals surface area contributed by atoms with Crippen LogP contribution in [0.5, 0.6) is 5.75 Å². The highest BCUT2D eigenvalue weighted by molar-refractivity contribution is 5.78. The molecule has 1 saturated carbocycles. The quantitative estimate of drug-likeness (QED) is 0.118. The van der Waals surface area contributed by atoms with E-state index >= 15 is 0 Å². The molecule has 174 valence electrons. The zero-order valence-electron chi connectivity index (χ0n) is 19.3. The van der Waals surface area contributed by atoms with Crippen LogP contribution in [0.1, 0.15) is 95.6 Å². The molecule has 0 saturated heterocycles. The van der Waals surface area contributed by atoms with Gasteiger partial charge >= 0.3 is 5.97 Å². The third-order valence-corrected chi connectivity index (χ3v) is 6.99. The van der Waals surface area contributed by atoms with Gasteiger partial charge in [0.25, 0.3) is 0 Å². The van der Waals surface area contributed by atoms with E-state index in [1.54, 1.807) is 6.07 Å². The van der Waals surface area contributed by atoms with Gasteiger partial charge in [-0.15, -0.1) is 0 Å². The molecule has 0 aromatic heterocycles. The molecular formula is C26H39FO4. The van der Waals surface area contributed by atoms with Gasteiger partial charge in [-0.3, -0.25) is 4.79 Å². The first kappa shape index (κ1) is 24.2. The zero-order chi connectivity index (χ0) is 22.1. The monoisotopic (exact) mass is 434 g/mol. The van der Waals surface area contributed by atoms with Crippen LogP contribution < -0.4 is 4.74 Å². The van der Waals surface area contributed by atoms with E-state index in [1.165, 1.54) is 38.5 Å². The summed E-state index contributed by atoms with van der Waals surface area (Å²) in [5, 5.41) is 0. The summed E-state index contributed by atoms with van der Waals surface area (Å²) < 4.78 is 20.2. The summed E-state index contributed by atoms with van der Waals surface area (Å²) in [5.41, 5.74) is 1.12. The van der Waals surface area contributed by atoms with E-state index in [9.17, 15) is 9.18 Å². The maximum atomic E-state index is 14.8. The van der Waals surface area contributed by atoms with Gasteiger partial charge in [0.2, 0.25) is 0 Å². The van der Waals surface area contributed by atoms with Crippen molar-refractivity contribution in [2.45, 2.75) is 97.5 Å². The third-order valence-electron chi connectivity index (χ3n) is 6.99. The Labute approximate surface area is 186 Å². The number of hydrogen-bond acceptors (Lipinski definition) is 4. The number of unbranched alkanes of at least 4 members (excludes halogenated alkanes) is 2. The van der Waals surface area contributed by atoms with Gasteiger partial charge in [0.1, 0.15) is 6.61 Å². The predicted molar refractivity (Wildman–Crippen MR) is 119 cm³/mol. The van der Waals surface area contributed by atoms with Gasteiger partial charge in [-0.05, 0) is 36.7 Å². The molecule has 0 bridgehead atoms. The molecule has 31 heavy (non-hydrogen) atoms. The van der Waals surface area contributed by atoms with Crippen molar-refractivity contribution in [2.24, 2.45) is 17.8 Å². The van der Waals surface area contributed by atoms with Crippen molar-refractivity contribution in [1.29, 1.82) is 0 Å². The van der Waals surface area contributed by atoms with E-state index in [2.05, 4.69) is 13.8 Å². The standard InChI is InChI=1S/C26H39FO4/c1-3-5-6-8-22-17-21-13-14-23(24(27)25(21)31-26(22)28)18-30-29-16-15-20-11-9-19(7-4-2)10-12-20/h13-14,19-20,22H,3-12,15-18H2,1-2H3. The normalized spacial score (nSPS) is 23.5. The molecule has 1 atom stereocenters. The van der Waals surface area contributed by atoms with Crippen LogP contribution in [0.25, 0.3) is 0 Å². The van der Waals surface area contributed by atoms with Crippen LogP contribution in [-0.4, -0.2) is 12.6 Å². The Bertz CT molecular complexity index is 697. The minimum Gasteiger partial charge on any atom is -0.423 e. The van der Waals surface area contributed by atoms with Gasteiger partial charge in [0.05, 0.1) is 12.5 Å². The molecule has 0 radical (unpaired) electrons. The molecule has 0 N–H and O–H groups in total. The van der Waals surface area contributed by atoms with Crippen molar-refractivity contribution in [3.63, 3.8) is 0 Å². The lowest BCUT2D eigenvalue weighted by atomic mass is 9.79. The van der Waals surface area contributed by atoms with Crippen molar-refractivity contribution >= 4 is 5.97 Å². The van der Waals surface area contributed by atoms with Crippen molar-refractivity contribution < 1.29 is 23.7 Å². The molecule has 1 heterocycles. The first-order chi connectivity index (χ1) is 15.1. The minimum atomic E-state index is -0.504. The Hall–Kier alpha value is -1.46. The van der Waals surface area contributed by atoms with Crippen molar-refractivity contribution in [2.75, 3.05) is 6.61 Å². The van der Waals surface area contributed by atoms with E-state index in [0.717, 1.165) is 43.6 Å². The molecule has 4 nitrogen and oxygen atoms in total. The number of fused-ring (bicyclic) bond motifs is 1. The molecule has 5 heteroatoms. The van der Waals surface area contributed by atoms with Crippen LogP contribution in [0.2, 0.25) is 0 Å². The second-order valence-corrected chi connectivity index (χ2v) is 9.39. The molecule has 1 unspecified atom stereocenters. The van der Waals surface area contributed by atoms with Crippen molar-refractivity contribution in [1.82, 2.24) is 0 Å². The Kier molecular flexibility index (Phi) is 9.79. The van der Waals surface area contributed by atoms with Crippen LogP contribution in [0.15, 0.2) is 12.1 Å². The lowest BCUT2D eigenvalue weighted by Crippen LogP contribution is -2.28. The third kappa shape index (κ3) is 7.01. The number of carbonyl (C=O) groups excluding carboxylic acids is 1. The molecule has 3 rings (SSSR count). The number of ether oxygens (including phenoxy) is 1. The van der Waals surface area contributed by atoms with Crippen LogP contribution in [-0.2, 0) is 27.6 Å². The summed E-state index contributed by atoms with van der Waals surface area (Å²) in [6, 6.07) is 3.57. The van der Waals surface area contributed by atoms with Gasteiger partial charge in [-0.25, -0.2) is 14.2 Å². The van der Waals surface area contributed by atoms with E-state index in [0.29, 0.717) is 24.5 Å². The number of rotatable bonds is 12. The highest BCUT2D eigenvalue weighted by Crippen LogP contribution is 2.35. The van der Waals surface area contributed by atoms with E-state index in [-0.39, 0.29) is 24.2 Å². The lowest BCUT2D eigenvalue weighted by molar-refractivity contribution is -0.306. The van der Waals surface area contributed by atoms with Gasteiger partial charge in [0, 0.05) is 5.56 Å². The smallest absolute Gasteiger partial charge is 0.314 e. The average Bonchev–Trinajstić information content (AvgIpc) is 2.77. The summed E-state index contributed by atoms with van der Waals surface area (Å²) in [6.45, 7) is 4.94. The predicted octanol–water partition coefficient (Wildman–Crippen LogP) is 6.93. The molecule has 2 aliphatic rings. The summed E-state index contributed by atoms with van der Waals surface area (Å²) in [4.78, 5) is 22.9. The number of esters is 1. The molecule has 0 spiro atoms. The molecular weight excluding hydrogens is 395 g/mol. The number of halogens is 1. The van der Waals surface area contributed by atoms with E-state index < -0.39 is 5.82 Å². The maximum absolute atomic E-state index is 14.8. The van der Waals surface area contributed by atoms with E-state index in [1.807, 2.05) is 6.07 Å². The van der Waals surface area contributed by atoms with Crippen LogP contribution in [0.3, 0.4) is 0 Å². The minimum absolute atomic E-state index is 0.0137. The van der Waals surface area contributed by atoms with Crippen molar-refractivity contribution in [3.05, 3.63) is 29.1 Å². The van der Waals surface area contributed by atoms with Crippen LogP contribution in [0, 0.1) is 23.6 Å². The molecule has 1 fully saturated rings. The fourth-order valence-corrected chi connectivity index (χ4v) is 5.01. The van der Waals surface area contributed by atoms with Gasteiger partial charge < -0.3 is 4.74 Å². The van der Waals surface area contributed by atoms with Gasteiger partial charge in [-0.1, -0.05) is 83.8 Å². The first-order valence-electron chi connectivity index (χ1n) is 12.4. The fourth-order valence-electron chi connectivity index (χ4n) is 5.01. The molecule has 0 amide bonds. The molecule has 1 aliphatic heterocycles. The summed E-state index contributed by atoms with van der Waals surface area (Å²) >= 11 is 0. The fraction of sp³-hybridized carbons (Fsp3) is 0.731. The Morgan fingerprint density at radius 1 is 0.968 bits per heavy atom. The topological polar surface area (TPSA) is 44.8 Å². The SMILES string of the molecule is CCCCCC1Cc2ccc(COOCCC3CCC(CCC)CC3)c(F)c2OC1=O. The number of carbonyl (C=O) groups is 1. The Morgan fingerprint density at radius 3 is 2.42 bits per heavy atom. The van der Waals surface area contributed by atoms with Gasteiger partial charge in [-0.2, -0.15) is 0 Å². The second-order valence-electron chi connectivity index (χ2n) is 9.39. The number of benzene rings is 1. The number of hydrogen-bond donors (Lipinski definition) is 0. The van der Waals surface area contributed by atoms with Gasteiger partial charge in [0.15, 0.2) is 11.6 Å². The first-order valence-corrected chi connectivity index (χ1v) is 12.4. The molecule has 1 aliphatic carbocycles. The van der Waals surface area contributed by atoms with Crippen LogP contribution >= 0.6 is 0 Å². The Balaban J connectivity index is 1.40. The highest BCUT2D eigenvalue weighted by atomic mass is 19.1. The van der Waals surface area contributed by atoms with Crippen LogP contribution in [0.4, 0.5) is 4.39 Å². The molecule has 1 aromatic rings. The Morgan fingerprint density at radius 2 is 1.71 bits per heavy atom. The van der Waals surface area contributed by atoms with Crippen molar-refractivity contribution in [3.8, 4) is 5.75 Å². The highest BCUT2D eigenvalue weighted by Gasteiger charge is 2.31. The summed E-state index contributed by atoms with van der Waals surface area (Å²) in [7, 11) is 0. The summed E-state index contributed by atoms with van der Waals surface area (Å²) in [5.74, 6) is 0.705. The zero-order valence-corrected chi connectivity index (χ0v) is 19.3. The second kappa shape index (κ2) is 12.5. The summed E-state index contributed by atoms with van der Waals surface area (Å²) in [6.07, 6.45) is 13.4. The van der Waals surface area contributed by atoms with E-state index in [4.69, 9.17) is 14.5 Å². The average molecular weight is 435 g/mol. The molecule has 1 aromatic carbocycles. The maximum Gasteiger partial charge on any atom is 0.314 e. The lowest BCUT2D eigenvalue weighted by Gasteiger charge is -2.28.